The van der Waals surface area contributed by atoms with E-state index >= 15 is 0 Å². The van der Waals surface area contributed by atoms with Crippen molar-refractivity contribution in [2.45, 2.75) is 66.0 Å². The zero-order chi connectivity index (χ0) is 16.5. The lowest BCUT2D eigenvalue weighted by Crippen LogP contribution is -2.31. The molecule has 1 atom stereocenters. The molecule has 22 heavy (non-hydrogen) atoms. The Kier molecular flexibility index (Phi) is 8.19. The first-order valence-corrected chi connectivity index (χ1v) is 8.42. The van der Waals surface area contributed by atoms with E-state index in [1.165, 1.54) is 11.1 Å². The Balaban J connectivity index is 2.61. The summed E-state index contributed by atoms with van der Waals surface area (Å²) in [5.41, 5.74) is 5.84. The smallest absolute Gasteiger partial charge is 0.341 e. The fourth-order valence-electron chi connectivity index (χ4n) is 2.90. The first-order valence-electron chi connectivity index (χ1n) is 8.42. The Bertz CT molecular complexity index is 450. The minimum absolute atomic E-state index is 0.190. The molecule has 1 rings (SSSR count). The summed E-state index contributed by atoms with van der Waals surface area (Å²) in [5.74, 6) is -0.434. The van der Waals surface area contributed by atoms with E-state index in [0.717, 1.165) is 32.1 Å². The summed E-state index contributed by atoms with van der Waals surface area (Å²) in [5, 5.41) is 0. The van der Waals surface area contributed by atoms with Gasteiger partial charge in [0.05, 0.1) is 6.61 Å². The van der Waals surface area contributed by atoms with Crippen molar-refractivity contribution in [2.75, 3.05) is 6.61 Å². The molecule has 0 saturated heterocycles. The standard InChI is InChI=1S/C19H29FO2/c1-5-14(4)8-9-15(6-2)16-10-12-17(13-11-16)18(20)19(21)22-7-3/h6,9,16-18H,5,7,10-13H2,1-4H3. The third kappa shape index (κ3) is 5.46. The van der Waals surface area contributed by atoms with Crippen LogP contribution in [0.3, 0.4) is 0 Å². The molecule has 0 spiro atoms. The average molecular weight is 308 g/mol. The van der Waals surface area contributed by atoms with Gasteiger partial charge in [-0.15, -0.1) is 5.73 Å². The summed E-state index contributed by atoms with van der Waals surface area (Å²) in [7, 11) is 0. The molecule has 1 unspecified atom stereocenters. The molecule has 0 aromatic heterocycles. The first-order chi connectivity index (χ1) is 10.5. The maximum Gasteiger partial charge on any atom is 0.341 e. The predicted octanol–water partition coefficient (Wildman–Crippen LogP) is 5.15. The number of hydrogen-bond donors (Lipinski definition) is 0. The number of allylic oxidation sites excluding steroid dienone is 3. The largest absolute Gasteiger partial charge is 0.464 e. The molecule has 0 heterocycles. The highest BCUT2D eigenvalue weighted by Crippen LogP contribution is 2.36. The SMILES string of the molecule is CC=C(C=C=C(C)CC)C1CCC(C(F)C(=O)OCC)CC1. The van der Waals surface area contributed by atoms with Crippen LogP contribution in [0, 0.1) is 11.8 Å². The third-order valence-electron chi connectivity index (χ3n) is 4.52. The van der Waals surface area contributed by atoms with Crippen molar-refractivity contribution < 1.29 is 13.9 Å². The van der Waals surface area contributed by atoms with Crippen molar-refractivity contribution in [3.05, 3.63) is 29.0 Å². The maximum absolute atomic E-state index is 14.1. The number of rotatable bonds is 6. The number of esters is 1. The lowest BCUT2D eigenvalue weighted by molar-refractivity contribution is -0.151. The zero-order valence-electron chi connectivity index (χ0n) is 14.3. The van der Waals surface area contributed by atoms with E-state index in [1.807, 2.05) is 6.92 Å². The Labute approximate surface area is 134 Å². The second-order valence-electron chi connectivity index (χ2n) is 5.98. The van der Waals surface area contributed by atoms with Crippen molar-refractivity contribution in [2.24, 2.45) is 11.8 Å². The topological polar surface area (TPSA) is 26.3 Å². The van der Waals surface area contributed by atoms with Gasteiger partial charge in [0.15, 0.2) is 6.17 Å². The van der Waals surface area contributed by atoms with Gasteiger partial charge >= 0.3 is 5.97 Å². The molecule has 1 saturated carbocycles. The molecule has 0 N–H and O–H groups in total. The molecule has 124 valence electrons. The molecule has 0 radical (unpaired) electrons. The molecule has 0 aliphatic heterocycles. The number of ether oxygens (including phenoxy) is 1. The average Bonchev–Trinajstić information content (AvgIpc) is 2.55. The third-order valence-corrected chi connectivity index (χ3v) is 4.52. The summed E-state index contributed by atoms with van der Waals surface area (Å²) >= 11 is 0. The van der Waals surface area contributed by atoms with Crippen LogP contribution in [0.25, 0.3) is 0 Å². The van der Waals surface area contributed by atoms with Gasteiger partial charge < -0.3 is 4.74 Å². The quantitative estimate of drug-likeness (QED) is 0.385. The molecule has 0 amide bonds. The van der Waals surface area contributed by atoms with Crippen LogP contribution >= 0.6 is 0 Å². The van der Waals surface area contributed by atoms with E-state index in [4.69, 9.17) is 4.74 Å². The van der Waals surface area contributed by atoms with E-state index in [-0.39, 0.29) is 12.5 Å². The lowest BCUT2D eigenvalue weighted by Gasteiger charge is -2.30. The molecule has 1 fully saturated rings. The summed E-state index contributed by atoms with van der Waals surface area (Å²) in [6.07, 6.45) is 7.07. The molecule has 1 aliphatic carbocycles. The van der Waals surface area contributed by atoms with Crippen LogP contribution < -0.4 is 0 Å². The molecule has 3 heteroatoms. The van der Waals surface area contributed by atoms with Gasteiger partial charge in [-0.2, -0.15) is 0 Å². The van der Waals surface area contributed by atoms with Crippen molar-refractivity contribution in [3.8, 4) is 0 Å². The van der Waals surface area contributed by atoms with Crippen LogP contribution in [0.5, 0.6) is 0 Å². The number of carbonyl (C=O) groups is 1. The van der Waals surface area contributed by atoms with Crippen LogP contribution in [0.2, 0.25) is 0 Å². The zero-order valence-corrected chi connectivity index (χ0v) is 14.3. The monoisotopic (exact) mass is 308 g/mol. The van der Waals surface area contributed by atoms with E-state index in [1.54, 1.807) is 6.92 Å². The van der Waals surface area contributed by atoms with Crippen LogP contribution in [-0.4, -0.2) is 18.7 Å². The van der Waals surface area contributed by atoms with E-state index in [9.17, 15) is 9.18 Å². The lowest BCUT2D eigenvalue weighted by atomic mass is 9.76. The maximum atomic E-state index is 14.1. The van der Waals surface area contributed by atoms with Gasteiger partial charge in [0.2, 0.25) is 0 Å². The fourth-order valence-corrected chi connectivity index (χ4v) is 2.90. The van der Waals surface area contributed by atoms with Crippen LogP contribution in [0.15, 0.2) is 29.0 Å². The molecular weight excluding hydrogens is 279 g/mol. The van der Waals surface area contributed by atoms with Gasteiger partial charge in [-0.25, -0.2) is 9.18 Å². The summed E-state index contributed by atoms with van der Waals surface area (Å²) in [6.45, 7) is 8.18. The number of hydrogen-bond acceptors (Lipinski definition) is 2. The minimum Gasteiger partial charge on any atom is -0.464 e. The van der Waals surface area contributed by atoms with Gasteiger partial charge in [0, 0.05) is 5.92 Å². The Morgan fingerprint density at radius 1 is 1.32 bits per heavy atom. The van der Waals surface area contributed by atoms with Crippen molar-refractivity contribution >= 4 is 5.97 Å². The summed E-state index contributed by atoms with van der Waals surface area (Å²) < 4.78 is 18.9. The normalized spacial score (nSPS) is 23.4. The van der Waals surface area contributed by atoms with Gasteiger partial charge in [-0.1, -0.05) is 13.0 Å². The second-order valence-corrected chi connectivity index (χ2v) is 5.98. The summed E-state index contributed by atoms with van der Waals surface area (Å²) in [4.78, 5) is 11.5. The second kappa shape index (κ2) is 9.63. The van der Waals surface area contributed by atoms with Crippen molar-refractivity contribution in [1.82, 2.24) is 0 Å². The highest BCUT2D eigenvalue weighted by atomic mass is 19.1. The van der Waals surface area contributed by atoms with E-state index in [0.29, 0.717) is 5.92 Å². The highest BCUT2D eigenvalue weighted by molar-refractivity contribution is 5.74. The number of halogens is 1. The van der Waals surface area contributed by atoms with E-state index in [2.05, 4.69) is 31.7 Å². The van der Waals surface area contributed by atoms with Crippen LogP contribution in [0.4, 0.5) is 4.39 Å². The molecule has 0 bridgehead atoms. The Morgan fingerprint density at radius 3 is 2.45 bits per heavy atom. The number of alkyl halides is 1. The van der Waals surface area contributed by atoms with Crippen LogP contribution in [-0.2, 0) is 9.53 Å². The Hall–Kier alpha value is -1.34. The fraction of sp³-hybridized carbons (Fsp3) is 0.684. The van der Waals surface area contributed by atoms with Gasteiger partial charge in [-0.05, 0) is 76.0 Å². The van der Waals surface area contributed by atoms with Crippen molar-refractivity contribution in [3.63, 3.8) is 0 Å². The van der Waals surface area contributed by atoms with Crippen molar-refractivity contribution in [1.29, 1.82) is 0 Å². The Morgan fingerprint density at radius 2 is 1.95 bits per heavy atom. The van der Waals surface area contributed by atoms with Gasteiger partial charge in [-0.3, -0.25) is 0 Å². The minimum atomic E-state index is -1.47. The predicted molar refractivity (Wildman–Crippen MR) is 88.3 cm³/mol. The highest BCUT2D eigenvalue weighted by Gasteiger charge is 2.33. The molecule has 1 aliphatic rings. The van der Waals surface area contributed by atoms with E-state index < -0.39 is 12.1 Å². The molecular formula is C19H29FO2. The first kappa shape index (κ1) is 18.7. The number of carbonyl (C=O) groups excluding carboxylic acids is 1. The van der Waals surface area contributed by atoms with Gasteiger partial charge in [0.1, 0.15) is 0 Å². The van der Waals surface area contributed by atoms with Crippen LogP contribution in [0.1, 0.15) is 59.8 Å². The molecule has 2 nitrogen and oxygen atoms in total. The summed E-state index contributed by atoms with van der Waals surface area (Å²) in [6, 6.07) is 0. The van der Waals surface area contributed by atoms with Gasteiger partial charge in [0.25, 0.3) is 0 Å². The molecule has 0 aromatic carbocycles. The molecule has 0 aromatic rings.